The van der Waals surface area contributed by atoms with Gasteiger partial charge in [-0.3, -0.25) is 0 Å². The zero-order chi connectivity index (χ0) is 17.4. The Kier molecular flexibility index (Phi) is 4.12. The van der Waals surface area contributed by atoms with E-state index in [0.717, 1.165) is 39.4 Å². The van der Waals surface area contributed by atoms with Crippen molar-refractivity contribution >= 4 is 44.8 Å². The summed E-state index contributed by atoms with van der Waals surface area (Å²) in [7, 11) is 0. The van der Waals surface area contributed by atoms with E-state index in [-0.39, 0.29) is 0 Å². The van der Waals surface area contributed by atoms with Gasteiger partial charge in [0.15, 0.2) is 0 Å². The van der Waals surface area contributed by atoms with E-state index in [9.17, 15) is 0 Å². The summed E-state index contributed by atoms with van der Waals surface area (Å²) in [6.07, 6.45) is 0.820. The minimum atomic E-state index is 0.610. The van der Waals surface area contributed by atoms with Crippen molar-refractivity contribution in [3.63, 3.8) is 0 Å². The number of H-pyrrole nitrogens is 1. The molecule has 0 atom stereocenters. The van der Waals surface area contributed by atoms with Crippen LogP contribution in [0.4, 0.5) is 11.4 Å². The zero-order valence-corrected chi connectivity index (χ0v) is 14.8. The van der Waals surface area contributed by atoms with Crippen molar-refractivity contribution in [2.24, 2.45) is 5.73 Å². The maximum atomic E-state index is 6.38. The molecule has 1 aromatic heterocycles. The molecule has 0 aliphatic heterocycles. The number of hydrogen-bond acceptors (Lipinski definition) is 2. The maximum Gasteiger partial charge on any atom is 0.0643 e. The fraction of sp³-hybridized carbons (Fsp3) is 0.143. The van der Waals surface area contributed by atoms with Crippen molar-refractivity contribution in [3.05, 3.63) is 70.7 Å². The Morgan fingerprint density at radius 2 is 1.88 bits per heavy atom. The molecule has 4 heteroatoms. The smallest absolute Gasteiger partial charge is 0.0643 e. The highest BCUT2D eigenvalue weighted by atomic mass is 35.5. The summed E-state index contributed by atoms with van der Waals surface area (Å²) in [4.78, 5) is 3.53. The van der Waals surface area contributed by atoms with Gasteiger partial charge >= 0.3 is 0 Å². The first-order valence-electron chi connectivity index (χ1n) is 8.42. The predicted molar refractivity (Wildman–Crippen MR) is 108 cm³/mol. The predicted octanol–water partition coefficient (Wildman–Crippen LogP) is 5.53. The number of fused-ring (bicyclic) bond motifs is 3. The Morgan fingerprint density at radius 1 is 1.04 bits per heavy atom. The number of aromatic nitrogens is 1. The monoisotopic (exact) mass is 349 g/mol. The van der Waals surface area contributed by atoms with Gasteiger partial charge in [-0.25, -0.2) is 0 Å². The first-order valence-corrected chi connectivity index (χ1v) is 8.80. The number of para-hydroxylation sites is 1. The molecule has 0 bridgehead atoms. The second-order valence-corrected chi connectivity index (χ2v) is 6.78. The molecule has 0 saturated heterocycles. The standard InChI is InChI=1S/C21H20ClN3/c1-13-6-7-20(18(22)10-13)24-15-11-14(8-9-23)21-17(12-15)16-4-2-3-5-19(16)25-21/h2-7,10-12,24-25H,8-9,23H2,1H3. The minimum Gasteiger partial charge on any atom is -0.354 e. The summed E-state index contributed by atoms with van der Waals surface area (Å²) in [6, 6.07) is 18.7. The average molecular weight is 350 g/mol. The van der Waals surface area contributed by atoms with Crippen molar-refractivity contribution < 1.29 is 0 Å². The average Bonchev–Trinajstić information content (AvgIpc) is 2.97. The summed E-state index contributed by atoms with van der Waals surface area (Å²) in [5.74, 6) is 0. The van der Waals surface area contributed by atoms with Gasteiger partial charge in [0.05, 0.1) is 10.7 Å². The topological polar surface area (TPSA) is 53.8 Å². The Morgan fingerprint density at radius 3 is 2.68 bits per heavy atom. The molecule has 0 aliphatic carbocycles. The molecule has 0 fully saturated rings. The van der Waals surface area contributed by atoms with Gasteiger partial charge in [-0.1, -0.05) is 35.9 Å². The molecule has 3 aromatic carbocycles. The van der Waals surface area contributed by atoms with Crippen molar-refractivity contribution in [2.75, 3.05) is 11.9 Å². The third-order valence-electron chi connectivity index (χ3n) is 4.51. The summed E-state index contributed by atoms with van der Waals surface area (Å²) in [6.45, 7) is 2.65. The lowest BCUT2D eigenvalue weighted by atomic mass is 10.0. The molecule has 4 N–H and O–H groups in total. The SMILES string of the molecule is Cc1ccc(Nc2cc(CCN)c3[nH]c4ccccc4c3c2)c(Cl)c1. The molecule has 126 valence electrons. The number of hydrogen-bond donors (Lipinski definition) is 3. The Balaban J connectivity index is 1.87. The zero-order valence-electron chi connectivity index (χ0n) is 14.1. The second-order valence-electron chi connectivity index (χ2n) is 6.38. The van der Waals surface area contributed by atoms with Crippen LogP contribution in [-0.4, -0.2) is 11.5 Å². The number of benzene rings is 3. The number of halogens is 1. The Labute approximate surface area is 151 Å². The molecule has 4 rings (SSSR count). The number of anilines is 2. The van der Waals surface area contributed by atoms with E-state index in [1.165, 1.54) is 16.3 Å². The molecular weight excluding hydrogens is 330 g/mol. The van der Waals surface area contributed by atoms with E-state index in [1.54, 1.807) is 0 Å². The molecule has 1 heterocycles. The molecule has 4 aromatic rings. The number of nitrogens with one attached hydrogen (secondary N) is 2. The lowest BCUT2D eigenvalue weighted by molar-refractivity contribution is 0.975. The van der Waals surface area contributed by atoms with Crippen LogP contribution < -0.4 is 11.1 Å². The van der Waals surface area contributed by atoms with Crippen molar-refractivity contribution in [3.8, 4) is 0 Å². The van der Waals surface area contributed by atoms with Crippen molar-refractivity contribution in [1.82, 2.24) is 4.98 Å². The highest BCUT2D eigenvalue weighted by Crippen LogP contribution is 2.33. The quantitative estimate of drug-likeness (QED) is 0.454. The Bertz CT molecular complexity index is 1070. The molecule has 0 spiro atoms. The molecule has 0 aliphatic rings. The molecule has 0 unspecified atom stereocenters. The van der Waals surface area contributed by atoms with Gasteiger partial charge in [-0.15, -0.1) is 0 Å². The molecular formula is C21H20ClN3. The molecule has 0 saturated carbocycles. The molecule has 3 nitrogen and oxygen atoms in total. The van der Waals surface area contributed by atoms with Gasteiger partial charge in [0, 0.05) is 27.5 Å². The summed E-state index contributed by atoms with van der Waals surface area (Å²) in [5.41, 5.74) is 12.4. The van der Waals surface area contributed by atoms with E-state index in [4.69, 9.17) is 17.3 Å². The van der Waals surface area contributed by atoms with Gasteiger partial charge in [-0.2, -0.15) is 0 Å². The third kappa shape index (κ3) is 2.97. The van der Waals surface area contributed by atoms with Gasteiger partial charge in [0.2, 0.25) is 0 Å². The highest BCUT2D eigenvalue weighted by Gasteiger charge is 2.11. The lowest BCUT2D eigenvalue weighted by Crippen LogP contribution is -2.04. The van der Waals surface area contributed by atoms with Gasteiger partial charge < -0.3 is 16.0 Å². The van der Waals surface area contributed by atoms with Crippen LogP contribution in [0.2, 0.25) is 5.02 Å². The number of aryl methyl sites for hydroxylation is 1. The van der Waals surface area contributed by atoms with Gasteiger partial charge in [0.1, 0.15) is 0 Å². The first-order chi connectivity index (χ1) is 12.2. The summed E-state index contributed by atoms with van der Waals surface area (Å²) in [5, 5.41) is 6.60. The van der Waals surface area contributed by atoms with Crippen LogP contribution in [0.5, 0.6) is 0 Å². The van der Waals surface area contributed by atoms with Gasteiger partial charge in [0.25, 0.3) is 0 Å². The Hall–Kier alpha value is -2.49. The van der Waals surface area contributed by atoms with Crippen LogP contribution in [0.1, 0.15) is 11.1 Å². The van der Waals surface area contributed by atoms with E-state index in [2.05, 4.69) is 46.7 Å². The van der Waals surface area contributed by atoms with Crippen LogP contribution in [0.3, 0.4) is 0 Å². The van der Waals surface area contributed by atoms with E-state index in [1.807, 2.05) is 25.1 Å². The van der Waals surface area contributed by atoms with E-state index >= 15 is 0 Å². The van der Waals surface area contributed by atoms with E-state index < -0.39 is 0 Å². The molecule has 25 heavy (non-hydrogen) atoms. The summed E-state index contributed by atoms with van der Waals surface area (Å²) < 4.78 is 0. The second kappa shape index (κ2) is 6.43. The van der Waals surface area contributed by atoms with Gasteiger partial charge in [-0.05, 0) is 61.3 Å². The van der Waals surface area contributed by atoms with Crippen LogP contribution in [0.15, 0.2) is 54.6 Å². The van der Waals surface area contributed by atoms with Crippen molar-refractivity contribution in [2.45, 2.75) is 13.3 Å². The normalized spacial score (nSPS) is 11.3. The third-order valence-corrected chi connectivity index (χ3v) is 4.83. The number of aromatic amines is 1. The van der Waals surface area contributed by atoms with Crippen LogP contribution in [0, 0.1) is 6.92 Å². The molecule has 0 amide bonds. The fourth-order valence-corrected chi connectivity index (χ4v) is 3.61. The lowest BCUT2D eigenvalue weighted by Gasteiger charge is -2.12. The first kappa shape index (κ1) is 16.0. The van der Waals surface area contributed by atoms with Crippen molar-refractivity contribution in [1.29, 1.82) is 0 Å². The van der Waals surface area contributed by atoms with Crippen LogP contribution in [-0.2, 0) is 6.42 Å². The minimum absolute atomic E-state index is 0.610. The fourth-order valence-electron chi connectivity index (χ4n) is 3.33. The number of rotatable bonds is 4. The molecule has 0 radical (unpaired) electrons. The summed E-state index contributed by atoms with van der Waals surface area (Å²) >= 11 is 6.38. The van der Waals surface area contributed by atoms with Crippen LogP contribution >= 0.6 is 11.6 Å². The largest absolute Gasteiger partial charge is 0.354 e. The number of nitrogens with two attached hydrogens (primary N) is 1. The highest BCUT2D eigenvalue weighted by molar-refractivity contribution is 6.33. The maximum absolute atomic E-state index is 6.38. The van der Waals surface area contributed by atoms with E-state index in [0.29, 0.717) is 6.54 Å². The van der Waals surface area contributed by atoms with Crippen LogP contribution in [0.25, 0.3) is 21.8 Å².